The maximum atomic E-state index is 12.1. The maximum absolute atomic E-state index is 12.1. The SMILES string of the molecule is Cc1csc(-c2nc(CC(F)(F)F)no2)c1N. The van der Waals surface area contributed by atoms with E-state index >= 15 is 0 Å². The third-order valence-corrected chi connectivity index (χ3v) is 3.15. The molecule has 2 heterocycles. The average Bonchev–Trinajstić information content (AvgIpc) is 2.74. The molecule has 0 saturated carbocycles. The van der Waals surface area contributed by atoms with Crippen molar-refractivity contribution < 1.29 is 17.7 Å². The molecule has 0 bridgehead atoms. The molecule has 0 unspecified atom stereocenters. The third kappa shape index (κ3) is 2.57. The van der Waals surface area contributed by atoms with E-state index in [2.05, 4.69) is 10.1 Å². The Morgan fingerprint density at radius 3 is 2.71 bits per heavy atom. The van der Waals surface area contributed by atoms with Crippen molar-refractivity contribution in [3.05, 3.63) is 16.8 Å². The minimum absolute atomic E-state index is 0.0276. The zero-order valence-corrected chi connectivity index (χ0v) is 9.52. The molecule has 4 nitrogen and oxygen atoms in total. The lowest BCUT2D eigenvalue weighted by atomic mass is 10.3. The first-order valence-electron chi connectivity index (χ1n) is 4.60. The number of aryl methyl sites for hydroxylation is 1. The van der Waals surface area contributed by atoms with Gasteiger partial charge in [-0.15, -0.1) is 11.3 Å². The molecule has 0 aliphatic carbocycles. The summed E-state index contributed by atoms with van der Waals surface area (Å²) in [5, 5.41) is 5.05. The molecule has 2 aromatic heterocycles. The Hall–Kier alpha value is -1.57. The fraction of sp³-hybridized carbons (Fsp3) is 0.333. The van der Waals surface area contributed by atoms with Crippen molar-refractivity contribution in [2.24, 2.45) is 0 Å². The standard InChI is InChI=1S/C9H8F3N3OS/c1-4-3-17-7(6(4)13)8-14-5(15-16-8)2-9(10,11)12/h3H,2,13H2,1H3. The topological polar surface area (TPSA) is 64.9 Å². The summed E-state index contributed by atoms with van der Waals surface area (Å²) in [7, 11) is 0. The van der Waals surface area contributed by atoms with E-state index in [1.54, 1.807) is 12.3 Å². The predicted molar refractivity (Wildman–Crippen MR) is 56.5 cm³/mol. The third-order valence-electron chi connectivity index (χ3n) is 2.04. The van der Waals surface area contributed by atoms with Crippen molar-refractivity contribution in [1.82, 2.24) is 10.1 Å². The molecule has 17 heavy (non-hydrogen) atoms. The molecule has 2 aromatic rings. The van der Waals surface area contributed by atoms with E-state index in [9.17, 15) is 13.2 Å². The second-order valence-electron chi connectivity index (χ2n) is 3.47. The molecule has 0 radical (unpaired) electrons. The van der Waals surface area contributed by atoms with Crippen LogP contribution >= 0.6 is 11.3 Å². The maximum Gasteiger partial charge on any atom is 0.396 e. The Kier molecular flexibility index (Phi) is 2.82. The second-order valence-corrected chi connectivity index (χ2v) is 4.35. The van der Waals surface area contributed by atoms with Crippen LogP contribution in [0.15, 0.2) is 9.90 Å². The summed E-state index contributed by atoms with van der Waals surface area (Å²) in [5.74, 6) is -0.363. The first-order valence-corrected chi connectivity index (χ1v) is 5.48. The van der Waals surface area contributed by atoms with Gasteiger partial charge in [0.15, 0.2) is 5.82 Å². The summed E-state index contributed by atoms with van der Waals surface area (Å²) < 4.78 is 41.0. The predicted octanol–water partition coefficient (Wildman–Crippen LogP) is 2.79. The number of hydrogen-bond donors (Lipinski definition) is 1. The van der Waals surface area contributed by atoms with E-state index in [0.717, 1.165) is 5.56 Å². The molecule has 0 aliphatic rings. The number of halogens is 3. The van der Waals surface area contributed by atoms with Gasteiger partial charge in [-0.1, -0.05) is 5.16 Å². The van der Waals surface area contributed by atoms with Crippen LogP contribution in [0.2, 0.25) is 0 Å². The average molecular weight is 263 g/mol. The monoisotopic (exact) mass is 263 g/mol. The number of aromatic nitrogens is 2. The number of rotatable bonds is 2. The highest BCUT2D eigenvalue weighted by Crippen LogP contribution is 2.33. The van der Waals surface area contributed by atoms with E-state index in [1.165, 1.54) is 11.3 Å². The lowest BCUT2D eigenvalue weighted by Gasteiger charge is -1.99. The van der Waals surface area contributed by atoms with Crippen molar-refractivity contribution in [3.8, 4) is 10.8 Å². The Labute approximate surface area is 98.2 Å². The first-order chi connectivity index (χ1) is 7.87. The van der Waals surface area contributed by atoms with Crippen LogP contribution in [0.5, 0.6) is 0 Å². The number of nitrogens with two attached hydrogens (primary N) is 1. The summed E-state index contributed by atoms with van der Waals surface area (Å²) in [5.41, 5.74) is 7.02. The lowest BCUT2D eigenvalue weighted by molar-refractivity contribution is -0.128. The molecule has 0 spiro atoms. The van der Waals surface area contributed by atoms with Gasteiger partial charge < -0.3 is 10.3 Å². The highest BCUT2D eigenvalue weighted by Gasteiger charge is 2.31. The summed E-state index contributed by atoms with van der Waals surface area (Å²) >= 11 is 1.26. The van der Waals surface area contributed by atoms with Crippen molar-refractivity contribution in [3.63, 3.8) is 0 Å². The molecule has 8 heteroatoms. The summed E-state index contributed by atoms with van der Waals surface area (Å²) in [4.78, 5) is 4.18. The molecule has 2 rings (SSSR count). The molecule has 2 N–H and O–H groups in total. The Morgan fingerprint density at radius 2 is 2.18 bits per heavy atom. The summed E-state index contributed by atoms with van der Waals surface area (Å²) in [6.07, 6.45) is -5.56. The van der Waals surface area contributed by atoms with Gasteiger partial charge in [0.2, 0.25) is 0 Å². The van der Waals surface area contributed by atoms with Gasteiger partial charge in [0, 0.05) is 0 Å². The van der Waals surface area contributed by atoms with E-state index in [1.807, 2.05) is 0 Å². The van der Waals surface area contributed by atoms with Gasteiger partial charge in [0.1, 0.15) is 11.3 Å². The van der Waals surface area contributed by atoms with Crippen LogP contribution < -0.4 is 5.73 Å². The molecule has 0 aliphatic heterocycles. The molecule has 0 fully saturated rings. The van der Waals surface area contributed by atoms with Crippen LogP contribution in [-0.4, -0.2) is 16.3 Å². The molecular weight excluding hydrogens is 255 g/mol. The fourth-order valence-corrected chi connectivity index (χ4v) is 2.11. The van der Waals surface area contributed by atoms with Crippen molar-refractivity contribution in [2.45, 2.75) is 19.5 Å². The van der Waals surface area contributed by atoms with E-state index in [-0.39, 0.29) is 5.89 Å². The minimum atomic E-state index is -4.35. The first kappa shape index (κ1) is 11.9. The van der Waals surface area contributed by atoms with Gasteiger partial charge in [0.25, 0.3) is 5.89 Å². The zero-order chi connectivity index (χ0) is 12.6. The number of hydrogen-bond acceptors (Lipinski definition) is 5. The fourth-order valence-electron chi connectivity index (χ4n) is 1.22. The summed E-state index contributed by atoms with van der Waals surface area (Å²) in [6, 6.07) is 0. The minimum Gasteiger partial charge on any atom is -0.397 e. The van der Waals surface area contributed by atoms with Gasteiger partial charge in [-0.3, -0.25) is 0 Å². The van der Waals surface area contributed by atoms with Crippen LogP contribution in [0.3, 0.4) is 0 Å². The molecule has 0 saturated heterocycles. The van der Waals surface area contributed by atoms with Gasteiger partial charge in [-0.05, 0) is 17.9 Å². The largest absolute Gasteiger partial charge is 0.397 e. The van der Waals surface area contributed by atoms with Gasteiger partial charge in [-0.2, -0.15) is 18.2 Å². The molecule has 0 amide bonds. The van der Waals surface area contributed by atoms with Gasteiger partial charge in [0.05, 0.1) is 5.69 Å². The molecule has 92 valence electrons. The lowest BCUT2D eigenvalue weighted by Crippen LogP contribution is -2.12. The molecular formula is C9H8F3N3OS. The van der Waals surface area contributed by atoms with Crippen molar-refractivity contribution >= 4 is 17.0 Å². The molecule has 0 aromatic carbocycles. The van der Waals surface area contributed by atoms with Crippen molar-refractivity contribution in [2.75, 3.05) is 5.73 Å². The summed E-state index contributed by atoms with van der Waals surface area (Å²) in [6.45, 7) is 1.79. The van der Waals surface area contributed by atoms with Crippen LogP contribution in [0, 0.1) is 6.92 Å². The van der Waals surface area contributed by atoms with Crippen LogP contribution in [0.1, 0.15) is 11.4 Å². The quantitative estimate of drug-likeness (QED) is 0.904. The number of nitrogens with zero attached hydrogens (tertiary/aromatic N) is 2. The van der Waals surface area contributed by atoms with Crippen LogP contribution in [-0.2, 0) is 6.42 Å². The highest BCUT2D eigenvalue weighted by molar-refractivity contribution is 7.14. The van der Waals surface area contributed by atoms with Gasteiger partial charge >= 0.3 is 6.18 Å². The smallest absolute Gasteiger partial charge is 0.396 e. The van der Waals surface area contributed by atoms with E-state index < -0.39 is 18.4 Å². The number of anilines is 1. The second kappa shape index (κ2) is 4.02. The van der Waals surface area contributed by atoms with E-state index in [0.29, 0.717) is 10.6 Å². The Balaban J connectivity index is 2.27. The Morgan fingerprint density at radius 1 is 1.47 bits per heavy atom. The Bertz CT molecular complexity index is 532. The number of thiophene rings is 1. The number of alkyl halides is 3. The van der Waals surface area contributed by atoms with Crippen molar-refractivity contribution in [1.29, 1.82) is 0 Å². The van der Waals surface area contributed by atoms with Crippen LogP contribution in [0.25, 0.3) is 10.8 Å². The van der Waals surface area contributed by atoms with Crippen LogP contribution in [0.4, 0.5) is 18.9 Å². The van der Waals surface area contributed by atoms with E-state index in [4.69, 9.17) is 10.3 Å². The number of nitrogen functional groups attached to an aromatic ring is 1. The normalized spacial score (nSPS) is 12.0. The highest BCUT2D eigenvalue weighted by atomic mass is 32.1. The van der Waals surface area contributed by atoms with Gasteiger partial charge in [-0.25, -0.2) is 0 Å². The zero-order valence-electron chi connectivity index (χ0n) is 8.71. The molecule has 0 atom stereocenters.